The van der Waals surface area contributed by atoms with E-state index >= 15 is 0 Å². The van der Waals surface area contributed by atoms with Crippen molar-refractivity contribution in [3.8, 4) is 17.2 Å². The molecule has 0 fully saturated rings. The molecule has 0 aliphatic carbocycles. The molecule has 0 saturated carbocycles. The summed E-state index contributed by atoms with van der Waals surface area (Å²) in [6, 6.07) is 13.8. The monoisotopic (exact) mass is 414 g/mol. The quantitative estimate of drug-likeness (QED) is 0.333. The second-order valence-corrected chi connectivity index (χ2v) is 7.04. The average Bonchev–Trinajstić information content (AvgIpc) is 2.75. The van der Waals surface area contributed by atoms with E-state index in [9.17, 15) is 0 Å². The summed E-state index contributed by atoms with van der Waals surface area (Å²) in [4.78, 5) is 6.83. The standard InChI is InChI=1S/C23H34N4O3/c1-6-24-23(26-19-10-13-21(28-4)22(16-19)29-5)25-17-18-8-11-20(12-9-18)30-15-7-14-27(2)3/h8-13,16H,6-7,14-15,17H2,1-5H3,(H2,24,25,26). The normalized spacial score (nSPS) is 11.3. The van der Waals surface area contributed by atoms with Crippen LogP contribution in [0.15, 0.2) is 47.5 Å². The molecular formula is C23H34N4O3. The molecule has 0 aliphatic rings. The molecule has 2 N–H and O–H groups in total. The average molecular weight is 415 g/mol. The first-order chi connectivity index (χ1) is 14.5. The van der Waals surface area contributed by atoms with E-state index in [1.807, 2.05) is 49.4 Å². The van der Waals surface area contributed by atoms with Crippen LogP contribution in [0.2, 0.25) is 0 Å². The van der Waals surface area contributed by atoms with Gasteiger partial charge in [-0.05, 0) is 57.3 Å². The largest absolute Gasteiger partial charge is 0.494 e. The van der Waals surface area contributed by atoms with Gasteiger partial charge >= 0.3 is 0 Å². The Morgan fingerprint density at radius 2 is 1.73 bits per heavy atom. The smallest absolute Gasteiger partial charge is 0.196 e. The number of nitrogens with zero attached hydrogens (tertiary/aromatic N) is 2. The number of methoxy groups -OCH3 is 2. The molecule has 0 heterocycles. The van der Waals surface area contributed by atoms with E-state index in [4.69, 9.17) is 14.2 Å². The highest BCUT2D eigenvalue weighted by Gasteiger charge is 2.06. The highest BCUT2D eigenvalue weighted by Crippen LogP contribution is 2.29. The maximum Gasteiger partial charge on any atom is 0.196 e. The Bertz CT molecular complexity index is 792. The number of ether oxygens (including phenoxy) is 3. The van der Waals surface area contributed by atoms with E-state index in [1.54, 1.807) is 14.2 Å². The SMILES string of the molecule is CCNC(=NCc1ccc(OCCCN(C)C)cc1)Nc1ccc(OC)c(OC)c1. The maximum atomic E-state index is 5.79. The van der Waals surface area contributed by atoms with Gasteiger partial charge in [0.2, 0.25) is 0 Å². The minimum absolute atomic E-state index is 0.559. The molecule has 0 aliphatic heterocycles. The molecule has 164 valence electrons. The number of nitrogens with one attached hydrogen (secondary N) is 2. The third kappa shape index (κ3) is 7.83. The van der Waals surface area contributed by atoms with Gasteiger partial charge in [0.05, 0.1) is 27.4 Å². The molecule has 0 unspecified atom stereocenters. The molecule has 0 radical (unpaired) electrons. The van der Waals surface area contributed by atoms with E-state index in [2.05, 4.69) is 34.6 Å². The van der Waals surface area contributed by atoms with Crippen molar-refractivity contribution in [3.63, 3.8) is 0 Å². The van der Waals surface area contributed by atoms with Crippen molar-refractivity contribution in [1.82, 2.24) is 10.2 Å². The Kier molecular flexibility index (Phi) is 9.80. The molecule has 0 amide bonds. The summed E-state index contributed by atoms with van der Waals surface area (Å²) in [5.41, 5.74) is 1.98. The number of benzene rings is 2. The molecule has 0 atom stereocenters. The van der Waals surface area contributed by atoms with Crippen LogP contribution < -0.4 is 24.8 Å². The lowest BCUT2D eigenvalue weighted by atomic mass is 10.2. The van der Waals surface area contributed by atoms with E-state index < -0.39 is 0 Å². The van der Waals surface area contributed by atoms with E-state index in [1.165, 1.54) is 0 Å². The van der Waals surface area contributed by atoms with Crippen molar-refractivity contribution < 1.29 is 14.2 Å². The highest BCUT2D eigenvalue weighted by molar-refractivity contribution is 5.93. The van der Waals surface area contributed by atoms with Crippen LogP contribution in [0.5, 0.6) is 17.2 Å². The van der Waals surface area contributed by atoms with Crippen molar-refractivity contribution in [3.05, 3.63) is 48.0 Å². The van der Waals surface area contributed by atoms with Crippen LogP contribution in [0.3, 0.4) is 0 Å². The van der Waals surface area contributed by atoms with Crippen molar-refractivity contribution in [2.24, 2.45) is 4.99 Å². The molecule has 0 aromatic heterocycles. The van der Waals surface area contributed by atoms with E-state index in [0.717, 1.165) is 43.1 Å². The first-order valence-corrected chi connectivity index (χ1v) is 10.2. The minimum Gasteiger partial charge on any atom is -0.494 e. The zero-order valence-corrected chi connectivity index (χ0v) is 18.7. The van der Waals surface area contributed by atoms with Crippen LogP contribution >= 0.6 is 0 Å². The van der Waals surface area contributed by atoms with Gasteiger partial charge in [-0.3, -0.25) is 0 Å². The van der Waals surface area contributed by atoms with Gasteiger partial charge in [-0.2, -0.15) is 0 Å². The fraction of sp³-hybridized carbons (Fsp3) is 0.435. The van der Waals surface area contributed by atoms with Gasteiger partial charge in [0.15, 0.2) is 17.5 Å². The summed E-state index contributed by atoms with van der Waals surface area (Å²) >= 11 is 0. The first-order valence-electron chi connectivity index (χ1n) is 10.2. The van der Waals surface area contributed by atoms with Crippen molar-refractivity contribution >= 4 is 11.6 Å². The van der Waals surface area contributed by atoms with Crippen molar-refractivity contribution in [2.45, 2.75) is 19.9 Å². The summed E-state index contributed by atoms with van der Waals surface area (Å²) in [7, 11) is 7.38. The van der Waals surface area contributed by atoms with Crippen molar-refractivity contribution in [1.29, 1.82) is 0 Å². The van der Waals surface area contributed by atoms with Gasteiger partial charge < -0.3 is 29.7 Å². The van der Waals surface area contributed by atoms with Crippen LogP contribution in [0, 0.1) is 0 Å². The number of guanidine groups is 1. The Morgan fingerprint density at radius 3 is 2.37 bits per heavy atom. The summed E-state index contributed by atoms with van der Waals surface area (Å²) in [5, 5.41) is 6.57. The fourth-order valence-electron chi connectivity index (χ4n) is 2.79. The fourth-order valence-corrected chi connectivity index (χ4v) is 2.79. The summed E-state index contributed by atoms with van der Waals surface area (Å²) in [5.74, 6) is 2.94. The van der Waals surface area contributed by atoms with Crippen LogP contribution in [0.4, 0.5) is 5.69 Å². The Hall–Kier alpha value is -2.93. The van der Waals surface area contributed by atoms with E-state index in [0.29, 0.717) is 24.0 Å². The summed E-state index contributed by atoms with van der Waals surface area (Å²) < 4.78 is 16.4. The van der Waals surface area contributed by atoms with Crippen LogP contribution in [0.1, 0.15) is 18.9 Å². The number of rotatable bonds is 11. The third-order valence-electron chi connectivity index (χ3n) is 4.35. The summed E-state index contributed by atoms with van der Waals surface area (Å²) in [6.07, 6.45) is 1.01. The predicted octanol–water partition coefficient (Wildman–Crippen LogP) is 3.61. The number of hydrogen-bond acceptors (Lipinski definition) is 5. The zero-order chi connectivity index (χ0) is 21.8. The molecule has 30 heavy (non-hydrogen) atoms. The van der Waals surface area contributed by atoms with Gasteiger partial charge in [-0.15, -0.1) is 0 Å². The van der Waals surface area contributed by atoms with Crippen LogP contribution in [0.25, 0.3) is 0 Å². The highest BCUT2D eigenvalue weighted by atomic mass is 16.5. The molecule has 7 nitrogen and oxygen atoms in total. The molecule has 2 aromatic carbocycles. The number of hydrogen-bond donors (Lipinski definition) is 2. The molecule has 0 spiro atoms. The number of anilines is 1. The van der Waals surface area contributed by atoms with Gasteiger partial charge in [0.1, 0.15) is 5.75 Å². The van der Waals surface area contributed by atoms with Crippen LogP contribution in [-0.4, -0.2) is 58.9 Å². The van der Waals surface area contributed by atoms with Gasteiger partial charge in [0, 0.05) is 24.8 Å². The third-order valence-corrected chi connectivity index (χ3v) is 4.35. The molecule has 0 bridgehead atoms. The predicted molar refractivity (Wildman–Crippen MR) is 123 cm³/mol. The Balaban J connectivity index is 1.95. The minimum atomic E-state index is 0.559. The Labute approximate surface area is 180 Å². The van der Waals surface area contributed by atoms with Crippen LogP contribution in [-0.2, 0) is 6.54 Å². The molecule has 2 aromatic rings. The second-order valence-electron chi connectivity index (χ2n) is 7.04. The lowest BCUT2D eigenvalue weighted by Crippen LogP contribution is -2.30. The number of aliphatic imine (C=N–C) groups is 1. The molecular weight excluding hydrogens is 380 g/mol. The first kappa shape index (κ1) is 23.3. The molecule has 2 rings (SSSR count). The van der Waals surface area contributed by atoms with Gasteiger partial charge in [-0.1, -0.05) is 12.1 Å². The second kappa shape index (κ2) is 12.6. The lowest BCUT2D eigenvalue weighted by Gasteiger charge is -2.14. The maximum absolute atomic E-state index is 5.79. The molecule has 7 heteroatoms. The molecule has 0 saturated heterocycles. The lowest BCUT2D eigenvalue weighted by molar-refractivity contribution is 0.281. The topological polar surface area (TPSA) is 67.4 Å². The van der Waals surface area contributed by atoms with Crippen molar-refractivity contribution in [2.75, 3.05) is 53.3 Å². The summed E-state index contributed by atoms with van der Waals surface area (Å²) in [6.45, 7) is 5.10. The zero-order valence-electron chi connectivity index (χ0n) is 18.7. The van der Waals surface area contributed by atoms with Gasteiger partial charge in [-0.25, -0.2) is 4.99 Å². The van der Waals surface area contributed by atoms with Gasteiger partial charge in [0.25, 0.3) is 0 Å². The Morgan fingerprint density at radius 1 is 1.00 bits per heavy atom. The van der Waals surface area contributed by atoms with E-state index in [-0.39, 0.29) is 0 Å².